The lowest BCUT2D eigenvalue weighted by molar-refractivity contribution is -0.120. The first-order valence-corrected chi connectivity index (χ1v) is 9.39. The van der Waals surface area contributed by atoms with Crippen molar-refractivity contribution < 1.29 is 4.79 Å². The maximum Gasteiger partial charge on any atom is 0.130 e. The number of hydrogen-bond donors (Lipinski definition) is 0. The Labute approximate surface area is 139 Å². The van der Waals surface area contributed by atoms with Crippen LogP contribution in [0, 0.1) is 11.8 Å². The monoisotopic (exact) mass is 309 g/mol. The number of carbonyl (C=O) groups excluding carboxylic acids is 1. The van der Waals surface area contributed by atoms with E-state index in [2.05, 4.69) is 46.4 Å². The molecule has 1 atom stereocenters. The van der Waals surface area contributed by atoms with Crippen molar-refractivity contribution in [2.75, 3.05) is 6.54 Å². The van der Waals surface area contributed by atoms with Crippen molar-refractivity contribution in [3.05, 3.63) is 0 Å². The van der Waals surface area contributed by atoms with Gasteiger partial charge in [-0.25, -0.2) is 0 Å². The second-order valence-electron chi connectivity index (χ2n) is 8.83. The predicted molar refractivity (Wildman–Crippen MR) is 96.2 cm³/mol. The van der Waals surface area contributed by atoms with Crippen molar-refractivity contribution in [3.63, 3.8) is 0 Å². The van der Waals surface area contributed by atoms with Crippen molar-refractivity contribution in [1.29, 1.82) is 0 Å². The molecule has 1 saturated heterocycles. The molecule has 1 aliphatic heterocycles. The molecule has 130 valence electrons. The number of likely N-dealkylation sites (tertiary alicyclic amines) is 1. The van der Waals surface area contributed by atoms with E-state index in [9.17, 15) is 4.79 Å². The summed E-state index contributed by atoms with van der Waals surface area (Å²) in [6.07, 6.45) is 8.34. The zero-order chi connectivity index (χ0) is 17.0. The summed E-state index contributed by atoms with van der Waals surface area (Å²) in [5.74, 6) is 1.71. The molecule has 2 heteroatoms. The molecule has 22 heavy (non-hydrogen) atoms. The molecule has 1 unspecified atom stereocenters. The molecule has 0 aromatic heterocycles. The summed E-state index contributed by atoms with van der Waals surface area (Å²) in [5.41, 5.74) is 0.392. The van der Waals surface area contributed by atoms with E-state index in [1.54, 1.807) is 6.92 Å². The molecule has 0 amide bonds. The number of ketones is 1. The number of Topliss-reactive ketones (excluding diaryl/α,β-unsaturated/α-hetero) is 1. The van der Waals surface area contributed by atoms with E-state index in [1.165, 1.54) is 32.2 Å². The van der Waals surface area contributed by atoms with Crippen molar-refractivity contribution in [1.82, 2.24) is 4.90 Å². The summed E-state index contributed by atoms with van der Waals surface area (Å²) in [6, 6.07) is 0. The van der Waals surface area contributed by atoms with E-state index >= 15 is 0 Å². The van der Waals surface area contributed by atoms with Gasteiger partial charge in [-0.05, 0) is 65.7 Å². The number of unbranched alkanes of at least 4 members (excludes halogenated alkanes) is 1. The van der Waals surface area contributed by atoms with Crippen LogP contribution in [0.25, 0.3) is 0 Å². The molecule has 0 aliphatic carbocycles. The van der Waals surface area contributed by atoms with Crippen molar-refractivity contribution in [2.45, 2.75) is 104 Å². The van der Waals surface area contributed by atoms with Crippen LogP contribution in [0.15, 0.2) is 0 Å². The Bertz CT molecular complexity index is 341. The van der Waals surface area contributed by atoms with Gasteiger partial charge in [0.2, 0.25) is 0 Å². The molecule has 1 aliphatic rings. The fourth-order valence-corrected chi connectivity index (χ4v) is 4.75. The molecule has 0 saturated carbocycles. The van der Waals surface area contributed by atoms with Crippen LogP contribution in [-0.2, 0) is 4.79 Å². The lowest BCUT2D eigenvalue weighted by Gasteiger charge is -2.56. The Balaban J connectivity index is 2.82. The van der Waals surface area contributed by atoms with Crippen LogP contribution >= 0.6 is 0 Å². The van der Waals surface area contributed by atoms with E-state index in [0.29, 0.717) is 11.7 Å². The smallest absolute Gasteiger partial charge is 0.130 e. The second kappa shape index (κ2) is 7.95. The summed E-state index contributed by atoms with van der Waals surface area (Å²) in [4.78, 5) is 14.3. The summed E-state index contributed by atoms with van der Waals surface area (Å²) < 4.78 is 0. The zero-order valence-corrected chi connectivity index (χ0v) is 16.2. The van der Waals surface area contributed by atoms with Crippen LogP contribution < -0.4 is 0 Å². The molecule has 0 spiro atoms. The average molecular weight is 310 g/mol. The van der Waals surface area contributed by atoms with Crippen molar-refractivity contribution >= 4 is 5.78 Å². The molecular weight excluding hydrogens is 270 g/mol. The Hall–Kier alpha value is -0.370. The molecule has 1 fully saturated rings. The molecule has 0 aromatic rings. The standard InChI is InChI=1S/C20H39NO/c1-8-10-11-17(9-2)15-21-19(4,5)13-18(12-16(3)22)14-20(21,6)7/h17-18H,8-15H2,1-7H3. The maximum atomic E-state index is 11.5. The van der Waals surface area contributed by atoms with E-state index < -0.39 is 0 Å². The number of piperidine rings is 1. The van der Waals surface area contributed by atoms with E-state index in [-0.39, 0.29) is 11.1 Å². The molecule has 0 bridgehead atoms. The third-order valence-corrected chi connectivity index (χ3v) is 5.60. The summed E-state index contributed by atoms with van der Waals surface area (Å²) in [7, 11) is 0. The minimum absolute atomic E-state index is 0.196. The SMILES string of the molecule is CCCCC(CC)CN1C(C)(C)CC(CC(C)=O)CC1(C)C. The quantitative estimate of drug-likeness (QED) is 0.594. The molecule has 1 heterocycles. The third kappa shape index (κ3) is 5.37. The van der Waals surface area contributed by atoms with Gasteiger partial charge >= 0.3 is 0 Å². The van der Waals surface area contributed by atoms with E-state index in [4.69, 9.17) is 0 Å². The van der Waals surface area contributed by atoms with Crippen LogP contribution in [0.2, 0.25) is 0 Å². The zero-order valence-electron chi connectivity index (χ0n) is 16.2. The van der Waals surface area contributed by atoms with Gasteiger partial charge in [0.25, 0.3) is 0 Å². The first-order chi connectivity index (χ1) is 10.1. The number of hydrogen-bond acceptors (Lipinski definition) is 2. The molecule has 0 aromatic carbocycles. The molecule has 0 radical (unpaired) electrons. The first-order valence-electron chi connectivity index (χ1n) is 9.39. The van der Waals surface area contributed by atoms with Crippen LogP contribution in [0.1, 0.15) is 93.4 Å². The normalized spacial score (nSPS) is 23.4. The Morgan fingerprint density at radius 2 is 1.68 bits per heavy atom. The predicted octanol–water partition coefficient (Wildman–Crippen LogP) is 5.45. The van der Waals surface area contributed by atoms with Gasteiger partial charge in [0.15, 0.2) is 0 Å². The van der Waals surface area contributed by atoms with Crippen LogP contribution in [0.3, 0.4) is 0 Å². The molecule has 2 nitrogen and oxygen atoms in total. The van der Waals surface area contributed by atoms with Crippen LogP contribution in [0.5, 0.6) is 0 Å². The van der Waals surface area contributed by atoms with Gasteiger partial charge in [0.1, 0.15) is 5.78 Å². The van der Waals surface area contributed by atoms with Gasteiger partial charge in [-0.2, -0.15) is 0 Å². The lowest BCUT2D eigenvalue weighted by Crippen LogP contribution is -2.61. The largest absolute Gasteiger partial charge is 0.300 e. The molecule has 1 rings (SSSR count). The van der Waals surface area contributed by atoms with Gasteiger partial charge in [-0.15, -0.1) is 0 Å². The van der Waals surface area contributed by atoms with Crippen molar-refractivity contribution in [3.8, 4) is 0 Å². The van der Waals surface area contributed by atoms with E-state index in [1.807, 2.05) is 0 Å². The summed E-state index contributed by atoms with van der Waals surface area (Å²) in [5, 5.41) is 0. The van der Waals surface area contributed by atoms with Crippen molar-refractivity contribution in [2.24, 2.45) is 11.8 Å². The van der Waals surface area contributed by atoms with Crippen LogP contribution in [-0.4, -0.2) is 28.3 Å². The summed E-state index contributed by atoms with van der Waals surface area (Å²) in [6.45, 7) is 17.1. The highest BCUT2D eigenvalue weighted by Gasteiger charge is 2.45. The minimum Gasteiger partial charge on any atom is -0.300 e. The molecular formula is C20H39NO. The van der Waals surface area contributed by atoms with Gasteiger partial charge in [-0.1, -0.05) is 33.1 Å². The topological polar surface area (TPSA) is 20.3 Å². The highest BCUT2D eigenvalue weighted by molar-refractivity contribution is 5.75. The minimum atomic E-state index is 0.196. The maximum absolute atomic E-state index is 11.5. The van der Waals surface area contributed by atoms with E-state index in [0.717, 1.165) is 25.2 Å². The fraction of sp³-hybridized carbons (Fsp3) is 0.950. The number of carbonyl (C=O) groups is 1. The van der Waals surface area contributed by atoms with Gasteiger partial charge in [0, 0.05) is 24.0 Å². The lowest BCUT2D eigenvalue weighted by atomic mass is 9.71. The fourth-order valence-electron chi connectivity index (χ4n) is 4.75. The highest BCUT2D eigenvalue weighted by atomic mass is 16.1. The number of rotatable bonds is 8. The third-order valence-electron chi connectivity index (χ3n) is 5.60. The summed E-state index contributed by atoms with van der Waals surface area (Å²) >= 11 is 0. The molecule has 0 N–H and O–H groups in total. The van der Waals surface area contributed by atoms with Crippen LogP contribution in [0.4, 0.5) is 0 Å². The average Bonchev–Trinajstić information content (AvgIpc) is 2.35. The van der Waals surface area contributed by atoms with Gasteiger partial charge < -0.3 is 4.79 Å². The van der Waals surface area contributed by atoms with Gasteiger partial charge in [-0.3, -0.25) is 4.90 Å². The second-order valence-corrected chi connectivity index (χ2v) is 8.83. The first kappa shape index (κ1) is 19.7. The highest BCUT2D eigenvalue weighted by Crippen LogP contribution is 2.43. The number of nitrogens with zero attached hydrogens (tertiary/aromatic N) is 1. The Morgan fingerprint density at radius 3 is 2.09 bits per heavy atom. The Kier molecular flexibility index (Phi) is 7.11. The van der Waals surface area contributed by atoms with Gasteiger partial charge in [0.05, 0.1) is 0 Å². The Morgan fingerprint density at radius 1 is 1.14 bits per heavy atom.